The Kier molecular flexibility index (Phi) is 5.64. The van der Waals surface area contributed by atoms with E-state index in [0.29, 0.717) is 12.6 Å². The van der Waals surface area contributed by atoms with Crippen molar-refractivity contribution in [1.82, 2.24) is 10.2 Å². The summed E-state index contributed by atoms with van der Waals surface area (Å²) in [6.45, 7) is 5.06. The average molecular weight is 268 g/mol. The van der Waals surface area contributed by atoms with E-state index in [0.717, 1.165) is 31.8 Å². The second-order valence-electron chi connectivity index (χ2n) is 6.22. The van der Waals surface area contributed by atoms with Gasteiger partial charge in [0.2, 0.25) is 0 Å². The van der Waals surface area contributed by atoms with E-state index < -0.39 is 5.97 Å². The fourth-order valence-electron chi connectivity index (χ4n) is 3.10. The van der Waals surface area contributed by atoms with Crippen LogP contribution >= 0.6 is 0 Å². The van der Waals surface area contributed by atoms with Gasteiger partial charge in [0.05, 0.1) is 0 Å². The average Bonchev–Trinajstić information content (AvgIpc) is 3.18. The summed E-state index contributed by atoms with van der Waals surface area (Å²) >= 11 is 0. The molecule has 110 valence electrons. The molecule has 19 heavy (non-hydrogen) atoms. The van der Waals surface area contributed by atoms with Gasteiger partial charge in [-0.25, -0.2) is 0 Å². The van der Waals surface area contributed by atoms with E-state index in [1.54, 1.807) is 0 Å². The van der Waals surface area contributed by atoms with Crippen molar-refractivity contribution in [3.63, 3.8) is 0 Å². The lowest BCUT2D eigenvalue weighted by atomic mass is 9.96. The Morgan fingerprint density at radius 2 is 2.11 bits per heavy atom. The lowest BCUT2D eigenvalue weighted by Gasteiger charge is -2.24. The minimum absolute atomic E-state index is 0.379. The highest BCUT2D eigenvalue weighted by Gasteiger charge is 2.30. The molecule has 2 rings (SSSR count). The van der Waals surface area contributed by atoms with Crippen LogP contribution in [0, 0.1) is 5.92 Å². The van der Waals surface area contributed by atoms with Gasteiger partial charge >= 0.3 is 5.97 Å². The van der Waals surface area contributed by atoms with E-state index in [2.05, 4.69) is 17.1 Å². The Labute approximate surface area is 116 Å². The topological polar surface area (TPSA) is 52.6 Å². The number of carbonyl (C=O) groups is 1. The lowest BCUT2D eigenvalue weighted by molar-refractivity contribution is -0.140. The zero-order valence-electron chi connectivity index (χ0n) is 12.1. The molecule has 4 heteroatoms. The van der Waals surface area contributed by atoms with E-state index in [-0.39, 0.29) is 6.04 Å². The van der Waals surface area contributed by atoms with Crippen molar-refractivity contribution >= 4 is 5.97 Å². The molecule has 2 aliphatic rings. The molecular formula is C15H28N2O2. The molecule has 1 saturated heterocycles. The van der Waals surface area contributed by atoms with Crippen LogP contribution in [0.2, 0.25) is 0 Å². The summed E-state index contributed by atoms with van der Waals surface area (Å²) < 4.78 is 0. The molecule has 0 aromatic heterocycles. The molecular weight excluding hydrogens is 240 g/mol. The van der Waals surface area contributed by atoms with Gasteiger partial charge in [-0.05, 0) is 51.1 Å². The third kappa shape index (κ3) is 5.11. The molecule has 0 aromatic rings. The van der Waals surface area contributed by atoms with Gasteiger partial charge in [-0.3, -0.25) is 4.79 Å². The third-order valence-electron chi connectivity index (χ3n) is 4.39. The van der Waals surface area contributed by atoms with Gasteiger partial charge in [-0.2, -0.15) is 0 Å². The van der Waals surface area contributed by atoms with Gasteiger partial charge in [0.15, 0.2) is 0 Å². The van der Waals surface area contributed by atoms with Crippen molar-refractivity contribution in [3.8, 4) is 0 Å². The number of carboxylic acid groups (broad SMARTS) is 1. The first-order valence-electron chi connectivity index (χ1n) is 7.90. The number of hydrogen-bond donors (Lipinski definition) is 2. The molecule has 1 heterocycles. The van der Waals surface area contributed by atoms with Crippen molar-refractivity contribution in [2.45, 2.75) is 64.0 Å². The molecule has 2 N–H and O–H groups in total. The highest BCUT2D eigenvalue weighted by molar-refractivity contribution is 5.73. The maximum atomic E-state index is 11.3. The summed E-state index contributed by atoms with van der Waals surface area (Å²) in [4.78, 5) is 13.7. The molecule has 1 aliphatic carbocycles. The van der Waals surface area contributed by atoms with Crippen LogP contribution < -0.4 is 5.32 Å². The molecule has 0 bridgehead atoms. The first-order valence-corrected chi connectivity index (χ1v) is 7.90. The number of likely N-dealkylation sites (tertiary alicyclic amines) is 1. The summed E-state index contributed by atoms with van der Waals surface area (Å²) in [5, 5.41) is 12.6. The Morgan fingerprint density at radius 3 is 2.74 bits per heavy atom. The van der Waals surface area contributed by atoms with E-state index in [4.69, 9.17) is 0 Å². The number of nitrogens with one attached hydrogen (secondary N) is 1. The Morgan fingerprint density at radius 1 is 1.32 bits per heavy atom. The maximum Gasteiger partial charge on any atom is 0.322 e. The smallest absolute Gasteiger partial charge is 0.322 e. The van der Waals surface area contributed by atoms with Gasteiger partial charge in [-0.15, -0.1) is 0 Å². The maximum absolute atomic E-state index is 11.3. The molecule has 0 radical (unpaired) electrons. The van der Waals surface area contributed by atoms with E-state index in [1.165, 1.54) is 32.1 Å². The zero-order valence-corrected chi connectivity index (χ0v) is 12.1. The minimum Gasteiger partial charge on any atom is -0.480 e. The van der Waals surface area contributed by atoms with Crippen LogP contribution in [-0.2, 0) is 4.79 Å². The van der Waals surface area contributed by atoms with Crippen molar-refractivity contribution in [2.24, 2.45) is 5.92 Å². The van der Waals surface area contributed by atoms with Crippen LogP contribution in [-0.4, -0.2) is 47.7 Å². The van der Waals surface area contributed by atoms with Gasteiger partial charge in [-0.1, -0.05) is 19.8 Å². The second-order valence-corrected chi connectivity index (χ2v) is 6.22. The van der Waals surface area contributed by atoms with Gasteiger partial charge < -0.3 is 15.3 Å². The van der Waals surface area contributed by atoms with Crippen LogP contribution in [0.25, 0.3) is 0 Å². The predicted octanol–water partition coefficient (Wildman–Crippen LogP) is 2.09. The second kappa shape index (κ2) is 7.25. The molecule has 2 atom stereocenters. The third-order valence-corrected chi connectivity index (χ3v) is 4.39. The molecule has 2 unspecified atom stereocenters. The van der Waals surface area contributed by atoms with Crippen molar-refractivity contribution in [3.05, 3.63) is 0 Å². The zero-order chi connectivity index (χ0) is 13.7. The fourth-order valence-corrected chi connectivity index (χ4v) is 3.10. The van der Waals surface area contributed by atoms with Crippen molar-refractivity contribution in [1.29, 1.82) is 0 Å². The lowest BCUT2D eigenvalue weighted by Crippen LogP contribution is -2.47. The molecule has 0 spiro atoms. The van der Waals surface area contributed by atoms with Crippen LogP contribution in [0.3, 0.4) is 0 Å². The minimum atomic E-state index is -0.693. The number of rotatable bonds is 7. The monoisotopic (exact) mass is 268 g/mol. The Balaban J connectivity index is 1.78. The molecule has 2 fully saturated rings. The Hall–Kier alpha value is -0.610. The van der Waals surface area contributed by atoms with E-state index in [1.807, 2.05) is 0 Å². The number of hydrogen-bond acceptors (Lipinski definition) is 3. The summed E-state index contributed by atoms with van der Waals surface area (Å²) in [6, 6.07) is 0.0798. The summed E-state index contributed by atoms with van der Waals surface area (Å²) in [5.74, 6) is 0.163. The van der Waals surface area contributed by atoms with Crippen molar-refractivity contribution in [2.75, 3.05) is 19.6 Å². The quantitative estimate of drug-likeness (QED) is 0.742. The first kappa shape index (κ1) is 14.8. The normalized spacial score (nSPS) is 26.9. The fraction of sp³-hybridized carbons (Fsp3) is 0.933. The molecule has 1 aliphatic heterocycles. The molecule has 1 saturated carbocycles. The van der Waals surface area contributed by atoms with Gasteiger partial charge in [0.1, 0.15) is 6.04 Å². The molecule has 0 amide bonds. The van der Waals surface area contributed by atoms with Crippen LogP contribution in [0.4, 0.5) is 0 Å². The number of aliphatic carboxylic acids is 1. The van der Waals surface area contributed by atoms with E-state index >= 15 is 0 Å². The standard InChI is InChI=1S/C15H28N2O2/c1-2-4-12-5-3-9-17(10-8-12)11-14(15(18)19)16-13-6-7-13/h12-14,16H,2-11H2,1H3,(H,18,19). The van der Waals surface area contributed by atoms with Gasteiger partial charge in [0.25, 0.3) is 0 Å². The first-order chi connectivity index (χ1) is 9.19. The number of carboxylic acids is 1. The predicted molar refractivity (Wildman–Crippen MR) is 76.3 cm³/mol. The SMILES string of the molecule is CCCC1CCCN(CC(NC2CC2)C(=O)O)CC1. The van der Waals surface area contributed by atoms with Crippen LogP contribution in [0.15, 0.2) is 0 Å². The Bertz CT molecular complexity index is 292. The van der Waals surface area contributed by atoms with Crippen LogP contribution in [0.1, 0.15) is 51.9 Å². The van der Waals surface area contributed by atoms with Gasteiger partial charge in [0, 0.05) is 12.6 Å². The van der Waals surface area contributed by atoms with Crippen molar-refractivity contribution < 1.29 is 9.90 Å². The number of nitrogens with zero attached hydrogens (tertiary/aromatic N) is 1. The molecule has 4 nitrogen and oxygen atoms in total. The highest BCUT2D eigenvalue weighted by Crippen LogP contribution is 2.23. The van der Waals surface area contributed by atoms with Crippen LogP contribution in [0.5, 0.6) is 0 Å². The summed E-state index contributed by atoms with van der Waals surface area (Å²) in [5.41, 5.74) is 0. The highest BCUT2D eigenvalue weighted by atomic mass is 16.4. The summed E-state index contributed by atoms with van der Waals surface area (Å²) in [7, 11) is 0. The largest absolute Gasteiger partial charge is 0.480 e. The molecule has 0 aromatic carbocycles. The summed E-state index contributed by atoms with van der Waals surface area (Å²) in [6.07, 6.45) is 8.66. The van der Waals surface area contributed by atoms with E-state index in [9.17, 15) is 9.90 Å².